The van der Waals surface area contributed by atoms with E-state index in [9.17, 15) is 21.6 Å². The van der Waals surface area contributed by atoms with Gasteiger partial charge in [-0.3, -0.25) is 4.72 Å². The first-order chi connectivity index (χ1) is 10.8. The fourth-order valence-corrected chi connectivity index (χ4v) is 3.34. The second-order valence-electron chi connectivity index (χ2n) is 4.59. The van der Waals surface area contributed by atoms with Crippen LogP contribution in [-0.2, 0) is 10.0 Å². The fraction of sp³-hybridized carbons (Fsp3) is 0. The molecule has 23 heavy (non-hydrogen) atoms. The molecule has 9 heteroatoms. The van der Waals surface area contributed by atoms with Crippen molar-refractivity contribution >= 4 is 38.3 Å². The molecular formula is C14H7ClF3NO3S. The number of furan rings is 1. The van der Waals surface area contributed by atoms with E-state index in [-0.39, 0.29) is 21.9 Å². The minimum Gasteiger partial charge on any atom is -0.463 e. The lowest BCUT2D eigenvalue weighted by Gasteiger charge is -2.08. The molecule has 0 fully saturated rings. The van der Waals surface area contributed by atoms with Gasteiger partial charge in [0.2, 0.25) is 0 Å². The summed E-state index contributed by atoms with van der Waals surface area (Å²) in [6, 6.07) is 4.95. The maximum absolute atomic E-state index is 13.6. The van der Waals surface area contributed by atoms with Crippen molar-refractivity contribution < 1.29 is 26.0 Å². The first-order valence-corrected chi connectivity index (χ1v) is 7.98. The van der Waals surface area contributed by atoms with Crippen molar-refractivity contribution in [1.29, 1.82) is 0 Å². The van der Waals surface area contributed by atoms with Gasteiger partial charge in [-0.05, 0) is 12.1 Å². The summed E-state index contributed by atoms with van der Waals surface area (Å²) in [4.78, 5) is -0.284. The predicted molar refractivity (Wildman–Crippen MR) is 78.3 cm³/mol. The number of sulfonamides is 1. The van der Waals surface area contributed by atoms with Crippen LogP contribution in [0.15, 0.2) is 45.9 Å². The molecule has 1 aromatic heterocycles. The largest absolute Gasteiger partial charge is 0.463 e. The standard InChI is InChI=1S/C14H7ClF3NO3S/c15-7-1-2-8-13(3-7)22-6-14(8)23(20,21)19-12-5-10(17)9(16)4-11(12)18/h1-6,19H. The van der Waals surface area contributed by atoms with Gasteiger partial charge in [0.15, 0.2) is 11.6 Å². The summed E-state index contributed by atoms with van der Waals surface area (Å²) >= 11 is 5.77. The van der Waals surface area contributed by atoms with E-state index in [0.717, 1.165) is 6.26 Å². The molecule has 1 N–H and O–H groups in total. The second kappa shape index (κ2) is 5.47. The molecule has 120 valence electrons. The van der Waals surface area contributed by atoms with Crippen LogP contribution in [0.4, 0.5) is 18.9 Å². The van der Waals surface area contributed by atoms with E-state index in [2.05, 4.69) is 0 Å². The summed E-state index contributed by atoms with van der Waals surface area (Å²) in [6.07, 6.45) is 0.946. The molecule has 0 amide bonds. The Morgan fingerprint density at radius 3 is 2.43 bits per heavy atom. The van der Waals surface area contributed by atoms with Crippen molar-refractivity contribution in [1.82, 2.24) is 0 Å². The minimum absolute atomic E-state index is 0.212. The van der Waals surface area contributed by atoms with E-state index in [1.54, 1.807) is 0 Å². The highest BCUT2D eigenvalue weighted by Crippen LogP contribution is 2.30. The van der Waals surface area contributed by atoms with Gasteiger partial charge in [-0.25, -0.2) is 21.6 Å². The topological polar surface area (TPSA) is 59.3 Å². The number of benzene rings is 2. The van der Waals surface area contributed by atoms with Crippen LogP contribution >= 0.6 is 11.6 Å². The van der Waals surface area contributed by atoms with Crippen molar-refractivity contribution in [3.05, 3.63) is 59.1 Å². The Morgan fingerprint density at radius 2 is 1.70 bits per heavy atom. The number of fused-ring (bicyclic) bond motifs is 1. The third-order valence-electron chi connectivity index (χ3n) is 3.05. The van der Waals surface area contributed by atoms with Gasteiger partial charge in [0.25, 0.3) is 10.0 Å². The summed E-state index contributed by atoms with van der Waals surface area (Å²) in [5.41, 5.74) is -0.504. The van der Waals surface area contributed by atoms with Crippen molar-refractivity contribution in [2.45, 2.75) is 4.90 Å². The summed E-state index contributed by atoms with van der Waals surface area (Å²) in [7, 11) is -4.28. The fourth-order valence-electron chi connectivity index (χ4n) is 1.99. The zero-order chi connectivity index (χ0) is 16.8. The van der Waals surface area contributed by atoms with Gasteiger partial charge in [-0.1, -0.05) is 11.6 Å². The molecule has 3 rings (SSSR count). The zero-order valence-electron chi connectivity index (χ0n) is 11.1. The van der Waals surface area contributed by atoms with Crippen LogP contribution in [0.25, 0.3) is 11.0 Å². The van der Waals surface area contributed by atoms with Crippen molar-refractivity contribution in [3.8, 4) is 0 Å². The monoisotopic (exact) mass is 361 g/mol. The lowest BCUT2D eigenvalue weighted by Crippen LogP contribution is -2.14. The second-order valence-corrected chi connectivity index (χ2v) is 6.68. The average molecular weight is 362 g/mol. The molecule has 0 saturated carbocycles. The number of nitrogens with one attached hydrogen (secondary N) is 1. The predicted octanol–water partition coefficient (Wildman–Crippen LogP) is 4.30. The molecule has 0 saturated heterocycles. The molecular weight excluding hydrogens is 355 g/mol. The van der Waals surface area contributed by atoms with Crippen molar-refractivity contribution in [3.63, 3.8) is 0 Å². The van der Waals surface area contributed by atoms with E-state index in [1.165, 1.54) is 18.2 Å². The zero-order valence-corrected chi connectivity index (χ0v) is 12.7. The average Bonchev–Trinajstić information content (AvgIpc) is 2.88. The Balaban J connectivity index is 2.06. The molecule has 2 aromatic carbocycles. The first kappa shape index (κ1) is 15.7. The molecule has 0 aliphatic carbocycles. The van der Waals surface area contributed by atoms with Crippen LogP contribution in [-0.4, -0.2) is 8.42 Å². The Hall–Kier alpha value is -2.19. The quantitative estimate of drug-likeness (QED) is 0.707. The Labute approximate surface area is 133 Å². The van der Waals surface area contributed by atoms with Crippen LogP contribution in [0.3, 0.4) is 0 Å². The summed E-state index contributed by atoms with van der Waals surface area (Å²) in [5, 5.41) is 0.556. The number of halogens is 4. The van der Waals surface area contributed by atoms with Crippen molar-refractivity contribution in [2.24, 2.45) is 0 Å². The van der Waals surface area contributed by atoms with E-state index in [0.29, 0.717) is 11.1 Å². The van der Waals surface area contributed by atoms with E-state index in [1.807, 2.05) is 4.72 Å². The molecule has 0 unspecified atom stereocenters. The van der Waals surface area contributed by atoms with Crippen molar-refractivity contribution in [2.75, 3.05) is 4.72 Å². The van der Waals surface area contributed by atoms with Gasteiger partial charge in [0, 0.05) is 28.6 Å². The SMILES string of the molecule is O=S(=O)(Nc1cc(F)c(F)cc1F)c1coc2cc(Cl)ccc12. The van der Waals surface area contributed by atoms with E-state index < -0.39 is 33.2 Å². The first-order valence-electron chi connectivity index (χ1n) is 6.12. The van der Waals surface area contributed by atoms with Crippen LogP contribution in [0.2, 0.25) is 5.02 Å². The maximum Gasteiger partial charge on any atom is 0.265 e. The molecule has 3 aromatic rings. The lowest BCUT2D eigenvalue weighted by atomic mass is 10.3. The smallest absolute Gasteiger partial charge is 0.265 e. The van der Waals surface area contributed by atoms with Crippen LogP contribution in [0.1, 0.15) is 0 Å². The molecule has 4 nitrogen and oxygen atoms in total. The highest BCUT2D eigenvalue weighted by molar-refractivity contribution is 7.93. The number of rotatable bonds is 3. The number of hydrogen-bond donors (Lipinski definition) is 1. The molecule has 1 heterocycles. The minimum atomic E-state index is -4.28. The summed E-state index contributed by atoms with van der Waals surface area (Å²) in [6.45, 7) is 0. The van der Waals surface area contributed by atoms with Crippen LogP contribution in [0.5, 0.6) is 0 Å². The van der Waals surface area contributed by atoms with Crippen LogP contribution in [0, 0.1) is 17.5 Å². The van der Waals surface area contributed by atoms with Gasteiger partial charge in [-0.15, -0.1) is 0 Å². The summed E-state index contributed by atoms with van der Waals surface area (Å²) in [5.74, 6) is -4.05. The summed E-state index contributed by atoms with van der Waals surface area (Å²) < 4.78 is 71.3. The number of hydrogen-bond acceptors (Lipinski definition) is 3. The van der Waals surface area contributed by atoms with Crippen LogP contribution < -0.4 is 4.72 Å². The molecule has 0 atom stereocenters. The third kappa shape index (κ3) is 2.87. The molecule has 0 aliphatic rings. The number of anilines is 1. The Bertz CT molecular complexity index is 1020. The van der Waals surface area contributed by atoms with Gasteiger partial charge >= 0.3 is 0 Å². The Morgan fingerprint density at radius 1 is 1.00 bits per heavy atom. The van der Waals surface area contributed by atoms with Gasteiger partial charge in [-0.2, -0.15) is 0 Å². The lowest BCUT2D eigenvalue weighted by molar-refractivity contribution is 0.496. The molecule has 0 radical (unpaired) electrons. The van der Waals surface area contributed by atoms with E-state index >= 15 is 0 Å². The molecule has 0 aliphatic heterocycles. The Kier molecular flexibility index (Phi) is 3.73. The highest BCUT2D eigenvalue weighted by Gasteiger charge is 2.23. The molecule has 0 spiro atoms. The maximum atomic E-state index is 13.6. The molecule has 0 bridgehead atoms. The van der Waals surface area contributed by atoms with E-state index in [4.69, 9.17) is 16.0 Å². The van der Waals surface area contributed by atoms with Gasteiger partial charge < -0.3 is 4.42 Å². The normalized spacial score (nSPS) is 11.8. The van der Waals surface area contributed by atoms with Gasteiger partial charge in [0.05, 0.1) is 5.69 Å². The third-order valence-corrected chi connectivity index (χ3v) is 4.66. The highest BCUT2D eigenvalue weighted by atomic mass is 35.5. The van der Waals surface area contributed by atoms with Gasteiger partial charge in [0.1, 0.15) is 22.6 Å².